The molecule has 114 valence electrons. The van der Waals surface area contributed by atoms with Crippen molar-refractivity contribution >= 4 is 10.9 Å². The van der Waals surface area contributed by atoms with Crippen molar-refractivity contribution in [3.8, 4) is 0 Å². The van der Waals surface area contributed by atoms with Crippen LogP contribution in [0.15, 0.2) is 24.4 Å². The van der Waals surface area contributed by atoms with Crippen LogP contribution in [0.2, 0.25) is 0 Å². The van der Waals surface area contributed by atoms with Crippen LogP contribution in [0, 0.1) is 6.92 Å². The summed E-state index contributed by atoms with van der Waals surface area (Å²) in [5.74, 6) is 0. The van der Waals surface area contributed by atoms with E-state index < -0.39 is 0 Å². The third-order valence-electron chi connectivity index (χ3n) is 4.54. The van der Waals surface area contributed by atoms with Gasteiger partial charge in [-0.05, 0) is 44.4 Å². The molecule has 3 heteroatoms. The Morgan fingerprint density at radius 3 is 2.67 bits per heavy atom. The second kappa shape index (κ2) is 6.20. The number of piperazine rings is 1. The molecule has 0 spiro atoms. The summed E-state index contributed by atoms with van der Waals surface area (Å²) in [7, 11) is 0. The molecule has 2 aromatic rings. The van der Waals surface area contributed by atoms with E-state index in [2.05, 4.69) is 60.0 Å². The van der Waals surface area contributed by atoms with E-state index in [0.717, 1.165) is 19.5 Å². The summed E-state index contributed by atoms with van der Waals surface area (Å²) in [6, 6.07) is 7.38. The van der Waals surface area contributed by atoms with Gasteiger partial charge in [0.1, 0.15) is 0 Å². The number of nitrogens with zero attached hydrogens (tertiary/aromatic N) is 2. The van der Waals surface area contributed by atoms with E-state index >= 15 is 0 Å². The minimum atomic E-state index is 0.516. The molecule has 0 unspecified atom stereocenters. The van der Waals surface area contributed by atoms with Crippen LogP contribution in [0.5, 0.6) is 0 Å². The molecular weight excluding hydrogens is 258 g/mol. The van der Waals surface area contributed by atoms with Gasteiger partial charge in [0.25, 0.3) is 0 Å². The molecule has 1 aromatic heterocycles. The maximum absolute atomic E-state index is 3.42. The van der Waals surface area contributed by atoms with Crippen molar-refractivity contribution < 1.29 is 0 Å². The van der Waals surface area contributed by atoms with Gasteiger partial charge in [0.15, 0.2) is 0 Å². The molecule has 1 saturated heterocycles. The predicted molar refractivity (Wildman–Crippen MR) is 90.1 cm³/mol. The number of aryl methyl sites for hydroxylation is 1. The minimum absolute atomic E-state index is 0.516. The molecule has 0 saturated carbocycles. The highest BCUT2D eigenvalue weighted by Crippen LogP contribution is 2.26. The van der Waals surface area contributed by atoms with E-state index in [4.69, 9.17) is 0 Å². The molecular formula is C18H27N3. The molecule has 3 rings (SSSR count). The molecule has 1 aliphatic heterocycles. The molecule has 0 amide bonds. The van der Waals surface area contributed by atoms with Crippen LogP contribution >= 0.6 is 0 Å². The Kier molecular flexibility index (Phi) is 4.32. The molecule has 3 nitrogen and oxygen atoms in total. The van der Waals surface area contributed by atoms with Crippen molar-refractivity contribution in [2.45, 2.75) is 33.2 Å². The number of aromatic nitrogens is 1. The summed E-state index contributed by atoms with van der Waals surface area (Å²) in [6.07, 6.45) is 3.52. The van der Waals surface area contributed by atoms with Crippen molar-refractivity contribution in [3.63, 3.8) is 0 Å². The Balaban J connectivity index is 1.84. The zero-order valence-corrected chi connectivity index (χ0v) is 13.5. The number of rotatable bonds is 4. The average molecular weight is 285 g/mol. The number of benzene rings is 1. The SMILES string of the molecule is Cc1ccc2c(CCN3CCNCC3)cn(C(C)C)c2c1. The summed E-state index contributed by atoms with van der Waals surface area (Å²) in [6.45, 7) is 12.5. The average Bonchev–Trinajstić information content (AvgIpc) is 2.84. The first-order chi connectivity index (χ1) is 10.1. The zero-order valence-electron chi connectivity index (χ0n) is 13.5. The van der Waals surface area contributed by atoms with Crippen molar-refractivity contribution in [1.29, 1.82) is 0 Å². The lowest BCUT2D eigenvalue weighted by molar-refractivity contribution is 0.244. The standard InChI is InChI=1S/C18H27N3/c1-14(2)21-13-16(6-9-20-10-7-19-8-11-20)17-5-4-15(3)12-18(17)21/h4-5,12-14,19H,6-11H2,1-3H3. The van der Waals surface area contributed by atoms with Gasteiger partial charge >= 0.3 is 0 Å². The summed E-state index contributed by atoms with van der Waals surface area (Å²) >= 11 is 0. The van der Waals surface area contributed by atoms with E-state index in [1.807, 2.05) is 0 Å². The molecule has 1 aromatic carbocycles. The van der Waals surface area contributed by atoms with Gasteiger partial charge in [0.05, 0.1) is 0 Å². The van der Waals surface area contributed by atoms with E-state index in [1.54, 1.807) is 0 Å². The molecule has 0 atom stereocenters. The van der Waals surface area contributed by atoms with Crippen molar-refractivity contribution in [3.05, 3.63) is 35.5 Å². The summed E-state index contributed by atoms with van der Waals surface area (Å²) < 4.78 is 2.43. The molecule has 0 aliphatic carbocycles. The first-order valence-corrected chi connectivity index (χ1v) is 8.18. The van der Waals surface area contributed by atoms with Gasteiger partial charge in [0.2, 0.25) is 0 Å². The van der Waals surface area contributed by atoms with E-state index in [-0.39, 0.29) is 0 Å². The third-order valence-corrected chi connectivity index (χ3v) is 4.54. The van der Waals surface area contributed by atoms with Crippen molar-refractivity contribution in [2.75, 3.05) is 32.7 Å². The molecule has 0 radical (unpaired) electrons. The monoisotopic (exact) mass is 285 g/mol. The third kappa shape index (κ3) is 3.14. The quantitative estimate of drug-likeness (QED) is 0.932. The molecule has 1 N–H and O–H groups in total. The van der Waals surface area contributed by atoms with Gasteiger partial charge in [-0.15, -0.1) is 0 Å². The smallest absolute Gasteiger partial charge is 0.0488 e. The zero-order chi connectivity index (χ0) is 14.8. The van der Waals surface area contributed by atoms with Crippen LogP contribution in [0.1, 0.15) is 31.0 Å². The Hall–Kier alpha value is -1.32. The molecule has 21 heavy (non-hydrogen) atoms. The van der Waals surface area contributed by atoms with Gasteiger partial charge in [-0.2, -0.15) is 0 Å². The number of nitrogens with one attached hydrogen (secondary N) is 1. The predicted octanol–water partition coefficient (Wildman–Crippen LogP) is 2.98. The molecule has 2 heterocycles. The van der Waals surface area contributed by atoms with Crippen molar-refractivity contribution in [2.24, 2.45) is 0 Å². The first kappa shape index (κ1) is 14.6. The van der Waals surface area contributed by atoms with Gasteiger partial charge in [-0.1, -0.05) is 12.1 Å². The first-order valence-electron chi connectivity index (χ1n) is 8.18. The summed E-state index contributed by atoms with van der Waals surface area (Å²) in [4.78, 5) is 2.57. The van der Waals surface area contributed by atoms with Crippen LogP contribution in [0.3, 0.4) is 0 Å². The van der Waals surface area contributed by atoms with Gasteiger partial charge in [-0.3, -0.25) is 0 Å². The molecule has 1 aliphatic rings. The number of hydrogen-bond acceptors (Lipinski definition) is 2. The van der Waals surface area contributed by atoms with E-state index in [1.165, 1.54) is 41.7 Å². The van der Waals surface area contributed by atoms with Crippen LogP contribution in [-0.4, -0.2) is 42.2 Å². The largest absolute Gasteiger partial charge is 0.345 e. The highest BCUT2D eigenvalue weighted by Gasteiger charge is 2.13. The van der Waals surface area contributed by atoms with Crippen LogP contribution in [-0.2, 0) is 6.42 Å². The minimum Gasteiger partial charge on any atom is -0.345 e. The lowest BCUT2D eigenvalue weighted by atomic mass is 10.1. The molecule has 1 fully saturated rings. The Bertz CT molecular complexity index is 606. The van der Waals surface area contributed by atoms with Crippen LogP contribution in [0.25, 0.3) is 10.9 Å². The van der Waals surface area contributed by atoms with Gasteiger partial charge < -0.3 is 14.8 Å². The Morgan fingerprint density at radius 1 is 1.19 bits per heavy atom. The highest BCUT2D eigenvalue weighted by atomic mass is 15.2. The maximum atomic E-state index is 3.42. The topological polar surface area (TPSA) is 20.2 Å². The number of fused-ring (bicyclic) bond motifs is 1. The summed E-state index contributed by atoms with van der Waals surface area (Å²) in [5, 5.41) is 4.86. The normalized spacial score (nSPS) is 17.0. The van der Waals surface area contributed by atoms with Crippen LogP contribution < -0.4 is 5.32 Å². The van der Waals surface area contributed by atoms with Gasteiger partial charge in [-0.25, -0.2) is 0 Å². The second-order valence-corrected chi connectivity index (χ2v) is 6.52. The highest BCUT2D eigenvalue weighted by molar-refractivity contribution is 5.84. The fourth-order valence-corrected chi connectivity index (χ4v) is 3.27. The van der Waals surface area contributed by atoms with Crippen LogP contribution in [0.4, 0.5) is 0 Å². The fraction of sp³-hybridized carbons (Fsp3) is 0.556. The number of hydrogen-bond donors (Lipinski definition) is 1. The fourth-order valence-electron chi connectivity index (χ4n) is 3.27. The van der Waals surface area contributed by atoms with Crippen molar-refractivity contribution in [1.82, 2.24) is 14.8 Å². The lowest BCUT2D eigenvalue weighted by Gasteiger charge is -2.26. The van der Waals surface area contributed by atoms with E-state index in [0.29, 0.717) is 6.04 Å². The molecule has 0 bridgehead atoms. The second-order valence-electron chi connectivity index (χ2n) is 6.52. The Labute approximate surface area is 127 Å². The maximum Gasteiger partial charge on any atom is 0.0488 e. The lowest BCUT2D eigenvalue weighted by Crippen LogP contribution is -2.44. The Morgan fingerprint density at radius 2 is 1.95 bits per heavy atom. The summed E-state index contributed by atoms with van der Waals surface area (Å²) in [5.41, 5.74) is 4.23. The van der Waals surface area contributed by atoms with Gasteiger partial charge in [0, 0.05) is 55.9 Å². The van der Waals surface area contributed by atoms with E-state index in [9.17, 15) is 0 Å².